The summed E-state index contributed by atoms with van der Waals surface area (Å²) >= 11 is 0.0453. The van der Waals surface area contributed by atoms with Gasteiger partial charge in [-0.05, 0) is 0 Å². The van der Waals surface area contributed by atoms with Crippen LogP contribution in [0.15, 0.2) is 0 Å². The van der Waals surface area contributed by atoms with Crippen LogP contribution in [-0.4, -0.2) is 33.9 Å². The molecule has 2 amide bonds. The Balaban J connectivity index is 2.60. The standard InChI is InChI=1S/C6H9INO2S/c1-7-11-4-3-5(9)8(2)6(4)10/h4H,3H2,1-2H3/q-1. The van der Waals surface area contributed by atoms with Gasteiger partial charge in [-0.15, -0.1) is 0 Å². The van der Waals surface area contributed by atoms with Gasteiger partial charge in [0.25, 0.3) is 0 Å². The number of halogens is 1. The first-order valence-corrected chi connectivity index (χ1v) is 8.70. The quantitative estimate of drug-likeness (QED) is 0.311. The molecule has 3 nitrogen and oxygen atoms in total. The summed E-state index contributed by atoms with van der Waals surface area (Å²) in [7, 11) is 3.21. The fraction of sp³-hybridized carbons (Fsp3) is 0.667. The average Bonchev–Trinajstić information content (AvgIpc) is 2.19. The third-order valence-corrected chi connectivity index (χ3v) is 5.67. The van der Waals surface area contributed by atoms with Gasteiger partial charge < -0.3 is 0 Å². The molecule has 1 aliphatic rings. The summed E-state index contributed by atoms with van der Waals surface area (Å²) in [6.45, 7) is 0. The van der Waals surface area contributed by atoms with E-state index in [0.29, 0.717) is 6.42 Å². The van der Waals surface area contributed by atoms with Crippen molar-refractivity contribution in [3.63, 3.8) is 0 Å². The number of imide groups is 1. The van der Waals surface area contributed by atoms with Gasteiger partial charge in [0, 0.05) is 0 Å². The molecule has 5 heteroatoms. The number of amides is 2. The maximum absolute atomic E-state index is 11.2. The molecule has 11 heavy (non-hydrogen) atoms. The maximum atomic E-state index is 11.2. The van der Waals surface area contributed by atoms with Crippen molar-refractivity contribution in [2.45, 2.75) is 11.7 Å². The number of likely N-dealkylation sites (tertiary alicyclic amines) is 1. The van der Waals surface area contributed by atoms with E-state index < -0.39 is 0 Å². The van der Waals surface area contributed by atoms with E-state index in [1.54, 1.807) is 16.0 Å². The van der Waals surface area contributed by atoms with Gasteiger partial charge >= 0.3 is 78.7 Å². The Morgan fingerprint density at radius 2 is 2.27 bits per heavy atom. The van der Waals surface area contributed by atoms with E-state index in [0.717, 1.165) is 0 Å². The number of nitrogens with zero attached hydrogens (tertiary/aromatic N) is 1. The van der Waals surface area contributed by atoms with Crippen LogP contribution in [-0.2, 0) is 9.59 Å². The van der Waals surface area contributed by atoms with E-state index in [1.165, 1.54) is 4.90 Å². The number of hydrogen-bond donors (Lipinski definition) is 0. The van der Waals surface area contributed by atoms with Gasteiger partial charge in [-0.2, -0.15) is 0 Å². The van der Waals surface area contributed by atoms with Gasteiger partial charge in [0.2, 0.25) is 0 Å². The molecule has 64 valence electrons. The van der Waals surface area contributed by atoms with Crippen LogP contribution in [0, 0.1) is 0 Å². The molecule has 1 fully saturated rings. The van der Waals surface area contributed by atoms with Gasteiger partial charge in [0.05, 0.1) is 0 Å². The number of carbonyl (C=O) groups excluding carboxylic acids is 2. The second-order valence-electron chi connectivity index (χ2n) is 2.23. The third kappa shape index (κ3) is 1.87. The van der Waals surface area contributed by atoms with Crippen molar-refractivity contribution in [3.05, 3.63) is 0 Å². The van der Waals surface area contributed by atoms with Gasteiger partial charge in [0.1, 0.15) is 0 Å². The number of alkyl halides is 1. The van der Waals surface area contributed by atoms with Gasteiger partial charge in [-0.25, -0.2) is 0 Å². The first kappa shape index (κ1) is 9.31. The summed E-state index contributed by atoms with van der Waals surface area (Å²) < 4.78 is 0. The minimum atomic E-state index is -0.0645. The molecule has 1 aliphatic heterocycles. The van der Waals surface area contributed by atoms with Crippen LogP contribution in [0.2, 0.25) is 0 Å². The first-order chi connectivity index (χ1) is 5.16. The van der Waals surface area contributed by atoms with Crippen molar-refractivity contribution < 1.29 is 29.4 Å². The zero-order valence-electron chi connectivity index (χ0n) is 6.33. The Hall–Kier alpha value is 0.220. The van der Waals surface area contributed by atoms with Crippen molar-refractivity contribution in [3.8, 4) is 0 Å². The van der Waals surface area contributed by atoms with Gasteiger partial charge in [-0.3, -0.25) is 0 Å². The Labute approximate surface area is 78.6 Å². The first-order valence-electron chi connectivity index (χ1n) is 3.12. The van der Waals surface area contributed by atoms with E-state index in [4.69, 9.17) is 0 Å². The van der Waals surface area contributed by atoms with E-state index in [1.807, 2.05) is 0 Å². The van der Waals surface area contributed by atoms with Crippen LogP contribution in [0.5, 0.6) is 0 Å². The Morgan fingerprint density at radius 1 is 1.64 bits per heavy atom. The van der Waals surface area contributed by atoms with Crippen molar-refractivity contribution in [2.75, 3.05) is 12.0 Å². The second kappa shape index (κ2) is 3.75. The molecule has 0 aromatic heterocycles. The second-order valence-corrected chi connectivity index (χ2v) is 7.45. The molecule has 0 bridgehead atoms. The number of rotatable bonds is 2. The Bertz CT molecular complexity index is 197. The van der Waals surface area contributed by atoms with E-state index >= 15 is 0 Å². The fourth-order valence-corrected chi connectivity index (χ4v) is 4.59. The zero-order valence-corrected chi connectivity index (χ0v) is 9.31. The summed E-state index contributed by atoms with van der Waals surface area (Å²) in [5, 5.41) is -0.0645. The molecule has 1 atom stereocenters. The van der Waals surface area contributed by atoms with Crippen molar-refractivity contribution in [1.29, 1.82) is 0 Å². The zero-order chi connectivity index (χ0) is 8.43. The molecular formula is C6H9INO2S-. The third-order valence-electron chi connectivity index (χ3n) is 1.54. The summed E-state index contributed by atoms with van der Waals surface area (Å²) in [5.74, 6) is -0.0495. The van der Waals surface area contributed by atoms with E-state index in [-0.39, 0.29) is 36.9 Å². The minimum absolute atomic E-state index is 0.0125. The molecule has 0 aromatic rings. The summed E-state index contributed by atoms with van der Waals surface area (Å²) in [5.41, 5.74) is 0. The monoisotopic (exact) mass is 286 g/mol. The molecule has 0 radical (unpaired) electrons. The molecule has 0 aliphatic carbocycles. The SMILES string of the molecule is C[I-]SC1CC(=O)N(C)C1=O. The molecule has 0 aromatic carbocycles. The molecule has 1 heterocycles. The van der Waals surface area contributed by atoms with Crippen molar-refractivity contribution in [1.82, 2.24) is 4.90 Å². The predicted octanol–water partition coefficient (Wildman–Crippen LogP) is -2.89. The summed E-state index contributed by atoms with van der Waals surface area (Å²) in [4.78, 5) is 25.5. The number of hydrogen-bond acceptors (Lipinski definition) is 3. The number of carbonyl (C=O) groups is 2. The van der Waals surface area contributed by atoms with Crippen LogP contribution in [0.25, 0.3) is 0 Å². The van der Waals surface area contributed by atoms with Crippen LogP contribution in [0.1, 0.15) is 6.42 Å². The average molecular weight is 286 g/mol. The molecule has 0 N–H and O–H groups in total. The predicted molar refractivity (Wildman–Crippen MR) is 39.7 cm³/mol. The summed E-state index contributed by atoms with van der Waals surface area (Å²) in [6.07, 6.45) is 0.410. The van der Waals surface area contributed by atoms with Crippen molar-refractivity contribution in [2.24, 2.45) is 0 Å². The molecular weight excluding hydrogens is 277 g/mol. The van der Waals surface area contributed by atoms with Crippen LogP contribution < -0.4 is 19.8 Å². The van der Waals surface area contributed by atoms with Gasteiger partial charge in [0.15, 0.2) is 0 Å². The molecule has 0 spiro atoms. The van der Waals surface area contributed by atoms with Gasteiger partial charge in [-0.1, -0.05) is 0 Å². The van der Waals surface area contributed by atoms with Crippen LogP contribution >= 0.6 is 8.93 Å². The van der Waals surface area contributed by atoms with E-state index in [9.17, 15) is 9.59 Å². The Kier molecular flexibility index (Phi) is 3.17. The summed E-state index contributed by atoms with van der Waals surface area (Å²) in [6, 6.07) is 0. The normalized spacial score (nSPS) is 25.3. The molecule has 1 rings (SSSR count). The van der Waals surface area contributed by atoms with Crippen molar-refractivity contribution >= 4 is 20.7 Å². The molecule has 0 saturated carbocycles. The topological polar surface area (TPSA) is 37.4 Å². The molecule has 1 saturated heterocycles. The molecule has 1 unspecified atom stereocenters. The Morgan fingerprint density at radius 3 is 2.64 bits per heavy atom. The van der Waals surface area contributed by atoms with Crippen LogP contribution in [0.3, 0.4) is 0 Å². The van der Waals surface area contributed by atoms with Crippen LogP contribution in [0.4, 0.5) is 0 Å². The fourth-order valence-electron chi connectivity index (χ4n) is 0.899. The van der Waals surface area contributed by atoms with E-state index in [2.05, 4.69) is 4.93 Å².